The first kappa shape index (κ1) is 14.7. The van der Waals surface area contributed by atoms with Gasteiger partial charge in [0.15, 0.2) is 11.5 Å². The molecule has 2 aliphatic heterocycles. The molecule has 2 fully saturated rings. The zero-order valence-corrected chi connectivity index (χ0v) is 13.1. The van der Waals surface area contributed by atoms with Gasteiger partial charge in [0, 0.05) is 19.1 Å². The third-order valence-electron chi connectivity index (χ3n) is 4.61. The lowest BCUT2D eigenvalue weighted by molar-refractivity contribution is 0.111. The molecule has 1 N–H and O–H groups in total. The van der Waals surface area contributed by atoms with E-state index in [1.54, 1.807) is 7.11 Å². The number of hydrogen-bond donors (Lipinski definition) is 1. The lowest BCUT2D eigenvalue weighted by Crippen LogP contribution is -2.35. The molecule has 0 aromatic heterocycles. The van der Waals surface area contributed by atoms with E-state index >= 15 is 0 Å². The first-order chi connectivity index (χ1) is 10.3. The van der Waals surface area contributed by atoms with Crippen LogP contribution in [0.1, 0.15) is 37.3 Å². The van der Waals surface area contributed by atoms with Crippen LogP contribution in [-0.4, -0.2) is 44.8 Å². The fourth-order valence-electron chi connectivity index (χ4n) is 3.25. The summed E-state index contributed by atoms with van der Waals surface area (Å²) in [5, 5.41) is 3.53. The Labute approximate surface area is 127 Å². The predicted molar refractivity (Wildman–Crippen MR) is 84.1 cm³/mol. The number of nitrogens with zero attached hydrogens (tertiary/aromatic N) is 1. The molecular formula is C17H26N2O2. The fraction of sp³-hybridized carbons (Fsp3) is 0.647. The van der Waals surface area contributed by atoms with Crippen molar-refractivity contribution in [3.63, 3.8) is 0 Å². The molecule has 2 aliphatic rings. The molecule has 0 amide bonds. The average Bonchev–Trinajstić information content (AvgIpc) is 3.04. The van der Waals surface area contributed by atoms with E-state index in [0.717, 1.165) is 44.0 Å². The number of hydrogen-bond acceptors (Lipinski definition) is 4. The Hall–Kier alpha value is -1.26. The molecule has 1 atom stereocenters. The Morgan fingerprint density at radius 3 is 2.62 bits per heavy atom. The fourth-order valence-corrected chi connectivity index (χ4v) is 3.25. The summed E-state index contributed by atoms with van der Waals surface area (Å²) in [7, 11) is 3.89. The maximum absolute atomic E-state index is 6.17. The van der Waals surface area contributed by atoms with Gasteiger partial charge in [0.25, 0.3) is 0 Å². The Morgan fingerprint density at radius 1 is 1.14 bits per heavy atom. The van der Waals surface area contributed by atoms with Crippen molar-refractivity contribution >= 4 is 0 Å². The third-order valence-corrected chi connectivity index (χ3v) is 4.61. The van der Waals surface area contributed by atoms with Crippen molar-refractivity contribution in [2.45, 2.75) is 37.8 Å². The summed E-state index contributed by atoms with van der Waals surface area (Å²) in [6, 6.07) is 6.85. The van der Waals surface area contributed by atoms with Gasteiger partial charge in [0.05, 0.1) is 7.11 Å². The molecule has 116 valence electrons. The first-order valence-corrected chi connectivity index (χ1v) is 8.03. The lowest BCUT2D eigenvalue weighted by Gasteiger charge is -2.29. The molecule has 0 bridgehead atoms. The maximum Gasteiger partial charge on any atom is 0.161 e. The van der Waals surface area contributed by atoms with Crippen LogP contribution in [0.25, 0.3) is 0 Å². The highest BCUT2D eigenvalue weighted by Gasteiger charge is 2.21. The van der Waals surface area contributed by atoms with E-state index < -0.39 is 0 Å². The summed E-state index contributed by atoms with van der Waals surface area (Å²) < 4.78 is 11.7. The monoisotopic (exact) mass is 290 g/mol. The van der Waals surface area contributed by atoms with Crippen LogP contribution in [0.15, 0.2) is 18.2 Å². The zero-order chi connectivity index (χ0) is 14.7. The smallest absolute Gasteiger partial charge is 0.161 e. The van der Waals surface area contributed by atoms with E-state index in [9.17, 15) is 0 Å². The number of benzene rings is 1. The molecule has 2 heterocycles. The molecule has 1 aromatic rings. The average molecular weight is 290 g/mol. The van der Waals surface area contributed by atoms with E-state index in [2.05, 4.69) is 35.5 Å². The molecule has 0 aliphatic carbocycles. The third kappa shape index (κ3) is 3.50. The van der Waals surface area contributed by atoms with Crippen LogP contribution in [0.4, 0.5) is 0 Å². The van der Waals surface area contributed by atoms with Crippen LogP contribution in [0.3, 0.4) is 0 Å². The summed E-state index contributed by atoms with van der Waals surface area (Å²) in [5.74, 6) is 1.74. The summed E-state index contributed by atoms with van der Waals surface area (Å²) in [5.41, 5.74) is 1.31. The molecular weight excluding hydrogens is 264 g/mol. The number of rotatable bonds is 4. The largest absolute Gasteiger partial charge is 0.493 e. The molecule has 0 radical (unpaired) electrons. The molecule has 0 saturated carbocycles. The van der Waals surface area contributed by atoms with Crippen molar-refractivity contribution in [2.24, 2.45) is 0 Å². The van der Waals surface area contributed by atoms with Gasteiger partial charge in [0.2, 0.25) is 0 Å². The number of piperidine rings is 1. The molecule has 0 spiro atoms. The SMILES string of the molecule is COc1cc(C2CCCN2)ccc1OC1CCN(C)CC1. The van der Waals surface area contributed by atoms with Gasteiger partial charge >= 0.3 is 0 Å². The van der Waals surface area contributed by atoms with Crippen LogP contribution in [-0.2, 0) is 0 Å². The second-order valence-electron chi connectivity index (χ2n) is 6.18. The maximum atomic E-state index is 6.17. The highest BCUT2D eigenvalue weighted by Crippen LogP contribution is 2.34. The highest BCUT2D eigenvalue weighted by atomic mass is 16.5. The van der Waals surface area contributed by atoms with Gasteiger partial charge in [-0.1, -0.05) is 6.07 Å². The van der Waals surface area contributed by atoms with Gasteiger partial charge < -0.3 is 19.7 Å². The molecule has 21 heavy (non-hydrogen) atoms. The molecule has 3 rings (SSSR count). The normalized spacial score (nSPS) is 24.2. The van der Waals surface area contributed by atoms with Gasteiger partial charge in [-0.2, -0.15) is 0 Å². The Balaban J connectivity index is 1.69. The van der Waals surface area contributed by atoms with E-state index in [1.807, 2.05) is 0 Å². The summed E-state index contributed by atoms with van der Waals surface area (Å²) in [6.07, 6.45) is 4.95. The quantitative estimate of drug-likeness (QED) is 0.924. The highest BCUT2D eigenvalue weighted by molar-refractivity contribution is 5.44. The van der Waals surface area contributed by atoms with E-state index in [0.29, 0.717) is 12.1 Å². The Bertz CT molecular complexity index is 464. The predicted octanol–water partition coefficient (Wildman–Crippen LogP) is 2.59. The van der Waals surface area contributed by atoms with Gasteiger partial charge in [0.1, 0.15) is 6.10 Å². The van der Waals surface area contributed by atoms with Crippen molar-refractivity contribution in [2.75, 3.05) is 33.8 Å². The number of ether oxygens (including phenoxy) is 2. The Kier molecular flexibility index (Phi) is 4.66. The van der Waals surface area contributed by atoms with Gasteiger partial charge in [-0.05, 0) is 57.0 Å². The molecule has 2 saturated heterocycles. The minimum absolute atomic E-state index is 0.311. The van der Waals surface area contributed by atoms with Crippen molar-refractivity contribution in [1.82, 2.24) is 10.2 Å². The number of nitrogens with one attached hydrogen (secondary N) is 1. The van der Waals surface area contributed by atoms with Gasteiger partial charge in [-0.3, -0.25) is 0 Å². The van der Waals surface area contributed by atoms with Crippen LogP contribution < -0.4 is 14.8 Å². The lowest BCUT2D eigenvalue weighted by atomic mass is 10.0. The van der Waals surface area contributed by atoms with E-state index in [-0.39, 0.29) is 0 Å². The van der Waals surface area contributed by atoms with Crippen LogP contribution >= 0.6 is 0 Å². The second kappa shape index (κ2) is 6.67. The molecule has 4 nitrogen and oxygen atoms in total. The Morgan fingerprint density at radius 2 is 1.95 bits per heavy atom. The van der Waals surface area contributed by atoms with Crippen LogP contribution in [0.5, 0.6) is 11.5 Å². The molecule has 1 unspecified atom stereocenters. The number of likely N-dealkylation sites (tertiary alicyclic amines) is 1. The van der Waals surface area contributed by atoms with Crippen molar-refractivity contribution in [3.05, 3.63) is 23.8 Å². The molecule has 4 heteroatoms. The molecule has 1 aromatic carbocycles. The van der Waals surface area contributed by atoms with Gasteiger partial charge in [-0.15, -0.1) is 0 Å². The van der Waals surface area contributed by atoms with E-state index in [1.165, 1.54) is 18.4 Å². The topological polar surface area (TPSA) is 33.7 Å². The summed E-state index contributed by atoms with van der Waals surface area (Å²) >= 11 is 0. The number of methoxy groups -OCH3 is 1. The van der Waals surface area contributed by atoms with Gasteiger partial charge in [-0.25, -0.2) is 0 Å². The minimum atomic E-state index is 0.311. The summed E-state index contributed by atoms with van der Waals surface area (Å²) in [4.78, 5) is 2.35. The van der Waals surface area contributed by atoms with Crippen molar-refractivity contribution in [1.29, 1.82) is 0 Å². The summed E-state index contributed by atoms with van der Waals surface area (Å²) in [6.45, 7) is 3.33. The zero-order valence-electron chi connectivity index (χ0n) is 13.1. The van der Waals surface area contributed by atoms with Crippen LogP contribution in [0.2, 0.25) is 0 Å². The van der Waals surface area contributed by atoms with Crippen molar-refractivity contribution < 1.29 is 9.47 Å². The van der Waals surface area contributed by atoms with Crippen molar-refractivity contribution in [3.8, 4) is 11.5 Å². The van der Waals surface area contributed by atoms with E-state index in [4.69, 9.17) is 9.47 Å². The van der Waals surface area contributed by atoms with Crippen LogP contribution in [0, 0.1) is 0 Å². The first-order valence-electron chi connectivity index (χ1n) is 8.03. The standard InChI is InChI=1S/C17H26N2O2/c1-19-10-7-14(8-11-19)21-16-6-5-13(12-17(16)20-2)15-4-3-9-18-15/h5-6,12,14-15,18H,3-4,7-11H2,1-2H3. The minimum Gasteiger partial charge on any atom is -0.493 e. The second-order valence-corrected chi connectivity index (χ2v) is 6.18.